The van der Waals surface area contributed by atoms with Crippen LogP contribution in [0.5, 0.6) is 0 Å². The standard InChI is InChI=1S/C16H25ClN4O2/c1-11-9-21(7-6-20(11)10-12(2)22)13(3)16(23)19-15-5-4-14(17)8-18-15/h4-5,8,11-13,22H,6-7,9-10H2,1-3H3,(H,18,19,23)/t11-,12-,13-/m0/s1. The molecular weight excluding hydrogens is 316 g/mol. The third-order valence-electron chi connectivity index (χ3n) is 4.20. The van der Waals surface area contributed by atoms with Crippen molar-refractivity contribution in [1.82, 2.24) is 14.8 Å². The highest BCUT2D eigenvalue weighted by Gasteiger charge is 2.30. The van der Waals surface area contributed by atoms with Crippen molar-refractivity contribution >= 4 is 23.3 Å². The van der Waals surface area contributed by atoms with Gasteiger partial charge in [0.15, 0.2) is 0 Å². The van der Waals surface area contributed by atoms with Crippen molar-refractivity contribution < 1.29 is 9.90 Å². The van der Waals surface area contributed by atoms with Crippen molar-refractivity contribution in [3.8, 4) is 0 Å². The smallest absolute Gasteiger partial charge is 0.242 e. The zero-order valence-electron chi connectivity index (χ0n) is 13.9. The fraction of sp³-hybridized carbons (Fsp3) is 0.625. The van der Waals surface area contributed by atoms with Gasteiger partial charge in [0.1, 0.15) is 5.82 Å². The molecule has 1 aliphatic rings. The number of carbonyl (C=O) groups is 1. The number of amides is 1. The Morgan fingerprint density at radius 1 is 1.48 bits per heavy atom. The van der Waals surface area contributed by atoms with E-state index < -0.39 is 0 Å². The number of carbonyl (C=O) groups excluding carboxylic acids is 1. The van der Waals surface area contributed by atoms with Gasteiger partial charge in [0, 0.05) is 38.4 Å². The second-order valence-electron chi connectivity index (χ2n) is 6.21. The number of nitrogens with one attached hydrogen (secondary N) is 1. The van der Waals surface area contributed by atoms with Gasteiger partial charge in [0.05, 0.1) is 17.2 Å². The number of halogens is 1. The molecule has 6 nitrogen and oxygen atoms in total. The van der Waals surface area contributed by atoms with E-state index in [4.69, 9.17) is 11.6 Å². The van der Waals surface area contributed by atoms with Crippen LogP contribution in [-0.4, -0.2) is 70.2 Å². The zero-order chi connectivity index (χ0) is 17.0. The topological polar surface area (TPSA) is 68.7 Å². The molecule has 3 atom stereocenters. The van der Waals surface area contributed by atoms with Crippen molar-refractivity contribution in [2.45, 2.75) is 39.0 Å². The van der Waals surface area contributed by atoms with Gasteiger partial charge >= 0.3 is 0 Å². The molecule has 1 aromatic rings. The van der Waals surface area contributed by atoms with Crippen LogP contribution in [0.1, 0.15) is 20.8 Å². The number of nitrogens with zero attached hydrogens (tertiary/aromatic N) is 3. The summed E-state index contributed by atoms with van der Waals surface area (Å²) in [6.07, 6.45) is 1.18. The second kappa shape index (κ2) is 8.06. The monoisotopic (exact) mass is 340 g/mol. The van der Waals surface area contributed by atoms with Crippen molar-refractivity contribution in [2.24, 2.45) is 0 Å². The van der Waals surface area contributed by atoms with Gasteiger partial charge in [-0.3, -0.25) is 14.6 Å². The van der Waals surface area contributed by atoms with E-state index in [1.54, 1.807) is 19.1 Å². The number of pyridine rings is 1. The Kier molecular flexibility index (Phi) is 6.35. The van der Waals surface area contributed by atoms with Crippen LogP contribution in [-0.2, 0) is 4.79 Å². The predicted octanol–water partition coefficient (Wildman–Crippen LogP) is 1.45. The number of anilines is 1. The summed E-state index contributed by atoms with van der Waals surface area (Å²) in [6, 6.07) is 3.47. The Hall–Kier alpha value is -1.21. The molecule has 2 N–H and O–H groups in total. The van der Waals surface area contributed by atoms with Gasteiger partial charge in [0.2, 0.25) is 5.91 Å². The maximum Gasteiger partial charge on any atom is 0.242 e. The number of hydrogen-bond donors (Lipinski definition) is 2. The van der Waals surface area contributed by atoms with E-state index >= 15 is 0 Å². The number of aliphatic hydroxyl groups is 1. The van der Waals surface area contributed by atoms with Crippen molar-refractivity contribution in [3.05, 3.63) is 23.4 Å². The van der Waals surface area contributed by atoms with Gasteiger partial charge in [-0.25, -0.2) is 4.98 Å². The number of β-amino-alcohol motifs (C(OH)–C–C–N with tert-alkyl or cyclic N) is 1. The predicted molar refractivity (Wildman–Crippen MR) is 91.6 cm³/mol. The molecule has 0 aliphatic carbocycles. The molecule has 1 fully saturated rings. The molecule has 23 heavy (non-hydrogen) atoms. The fourth-order valence-corrected chi connectivity index (χ4v) is 2.94. The van der Waals surface area contributed by atoms with Crippen LogP contribution in [0.15, 0.2) is 18.3 Å². The zero-order valence-corrected chi connectivity index (χ0v) is 14.6. The molecule has 1 aliphatic heterocycles. The first-order chi connectivity index (χ1) is 10.9. The minimum atomic E-state index is -0.333. The average molecular weight is 341 g/mol. The summed E-state index contributed by atoms with van der Waals surface area (Å²) in [5.41, 5.74) is 0. The Bertz CT molecular complexity index is 523. The molecule has 1 amide bonds. The summed E-state index contributed by atoms with van der Waals surface area (Å²) in [5, 5.41) is 12.9. The largest absolute Gasteiger partial charge is 0.392 e. The minimum Gasteiger partial charge on any atom is -0.392 e. The lowest BCUT2D eigenvalue weighted by atomic mass is 10.1. The maximum atomic E-state index is 12.4. The molecule has 2 rings (SSSR count). The number of hydrogen-bond acceptors (Lipinski definition) is 5. The molecular formula is C16H25ClN4O2. The van der Waals surface area contributed by atoms with Crippen molar-refractivity contribution in [2.75, 3.05) is 31.5 Å². The summed E-state index contributed by atoms with van der Waals surface area (Å²) in [7, 11) is 0. The normalized spacial score (nSPS) is 22.6. The molecule has 128 valence electrons. The van der Waals surface area contributed by atoms with E-state index in [0.717, 1.165) is 19.6 Å². The van der Waals surface area contributed by atoms with Crippen LogP contribution in [0.2, 0.25) is 5.02 Å². The van der Waals surface area contributed by atoms with E-state index in [1.807, 2.05) is 6.92 Å². The number of rotatable bonds is 5. The first kappa shape index (κ1) is 18.1. The van der Waals surface area contributed by atoms with Crippen LogP contribution in [0, 0.1) is 0 Å². The van der Waals surface area contributed by atoms with Crippen LogP contribution in [0.25, 0.3) is 0 Å². The van der Waals surface area contributed by atoms with Crippen LogP contribution in [0.3, 0.4) is 0 Å². The van der Waals surface area contributed by atoms with Crippen LogP contribution in [0.4, 0.5) is 5.82 Å². The maximum absolute atomic E-state index is 12.4. The summed E-state index contributed by atoms with van der Waals surface area (Å²) in [5.74, 6) is 0.433. The Morgan fingerprint density at radius 3 is 2.78 bits per heavy atom. The fourth-order valence-electron chi connectivity index (χ4n) is 2.83. The number of piperazine rings is 1. The Morgan fingerprint density at radius 2 is 2.22 bits per heavy atom. The molecule has 2 heterocycles. The van der Waals surface area contributed by atoms with Gasteiger partial charge < -0.3 is 10.4 Å². The quantitative estimate of drug-likeness (QED) is 0.849. The highest BCUT2D eigenvalue weighted by atomic mass is 35.5. The third kappa shape index (κ3) is 5.14. The summed E-state index contributed by atoms with van der Waals surface area (Å²) >= 11 is 5.79. The summed E-state index contributed by atoms with van der Waals surface area (Å²) < 4.78 is 0. The Balaban J connectivity index is 1.89. The molecule has 1 aromatic heterocycles. The highest BCUT2D eigenvalue weighted by molar-refractivity contribution is 6.30. The molecule has 0 aromatic carbocycles. The van der Waals surface area contributed by atoms with Crippen molar-refractivity contribution in [1.29, 1.82) is 0 Å². The average Bonchev–Trinajstić information content (AvgIpc) is 2.50. The molecule has 0 spiro atoms. The molecule has 0 unspecified atom stereocenters. The van der Waals surface area contributed by atoms with Crippen molar-refractivity contribution in [3.63, 3.8) is 0 Å². The highest BCUT2D eigenvalue weighted by Crippen LogP contribution is 2.15. The molecule has 1 saturated heterocycles. The van der Waals surface area contributed by atoms with E-state index in [1.165, 1.54) is 6.20 Å². The number of aliphatic hydroxyl groups excluding tert-OH is 1. The summed E-state index contributed by atoms with van der Waals surface area (Å²) in [4.78, 5) is 20.9. The second-order valence-corrected chi connectivity index (χ2v) is 6.65. The third-order valence-corrected chi connectivity index (χ3v) is 4.42. The van der Waals surface area contributed by atoms with Gasteiger partial charge in [0.25, 0.3) is 0 Å². The molecule has 0 bridgehead atoms. The van der Waals surface area contributed by atoms with E-state index in [9.17, 15) is 9.90 Å². The molecule has 0 saturated carbocycles. The first-order valence-corrected chi connectivity index (χ1v) is 8.33. The first-order valence-electron chi connectivity index (χ1n) is 7.95. The van der Waals surface area contributed by atoms with Gasteiger partial charge in [-0.1, -0.05) is 11.6 Å². The minimum absolute atomic E-state index is 0.0731. The number of aromatic nitrogens is 1. The lowest BCUT2D eigenvalue weighted by Gasteiger charge is -2.42. The lowest BCUT2D eigenvalue weighted by Crippen LogP contribution is -2.57. The lowest BCUT2D eigenvalue weighted by molar-refractivity contribution is -0.122. The molecule has 0 radical (unpaired) electrons. The van der Waals surface area contributed by atoms with Gasteiger partial charge in [-0.2, -0.15) is 0 Å². The van der Waals surface area contributed by atoms with Crippen LogP contribution < -0.4 is 5.32 Å². The SMILES string of the molecule is C[C@H](O)CN1CCN([C@@H](C)C(=O)Nc2ccc(Cl)cn2)C[C@@H]1C. The van der Waals surface area contributed by atoms with E-state index in [-0.39, 0.29) is 18.1 Å². The van der Waals surface area contributed by atoms with Gasteiger partial charge in [-0.15, -0.1) is 0 Å². The Labute approximate surface area is 142 Å². The van der Waals surface area contributed by atoms with Crippen LogP contribution >= 0.6 is 11.6 Å². The van der Waals surface area contributed by atoms with E-state index in [0.29, 0.717) is 23.4 Å². The summed E-state index contributed by atoms with van der Waals surface area (Å²) in [6.45, 7) is 8.96. The molecule has 7 heteroatoms. The van der Waals surface area contributed by atoms with Gasteiger partial charge in [-0.05, 0) is 32.9 Å². The van der Waals surface area contributed by atoms with E-state index in [2.05, 4.69) is 27.0 Å².